The summed E-state index contributed by atoms with van der Waals surface area (Å²) in [6, 6.07) is 5.95. The number of rotatable bonds is 0. The van der Waals surface area contributed by atoms with Gasteiger partial charge in [-0.15, -0.1) is 0 Å². The van der Waals surface area contributed by atoms with Crippen LogP contribution in [-0.2, 0) is 17.2 Å². The molecular weight excluding hydrogens is 224 g/mol. The zero-order chi connectivity index (χ0) is 7.84. The van der Waals surface area contributed by atoms with Crippen molar-refractivity contribution in [2.45, 2.75) is 11.3 Å². The van der Waals surface area contributed by atoms with Gasteiger partial charge >= 0.3 is 0 Å². The van der Waals surface area contributed by atoms with Crippen LogP contribution in [0.5, 0.6) is 0 Å². The van der Waals surface area contributed by atoms with Gasteiger partial charge in [0.25, 0.3) is 0 Å². The smallest absolute Gasteiger partial charge is 0.0535 e. The fourth-order valence-electron chi connectivity index (χ4n) is 1.28. The van der Waals surface area contributed by atoms with Crippen LogP contribution in [0.3, 0.4) is 0 Å². The fourth-order valence-corrected chi connectivity index (χ4v) is 2.99. The zero-order valence-electron chi connectivity index (χ0n) is 5.84. The Balaban J connectivity index is 2.59. The molecule has 1 aliphatic rings. The number of fused-ring (bicyclic) bond motifs is 1. The van der Waals surface area contributed by atoms with Crippen molar-refractivity contribution < 1.29 is 4.21 Å². The Bertz CT molecular complexity index is 322. The number of halogens is 1. The van der Waals surface area contributed by atoms with Crippen molar-refractivity contribution in [3.05, 3.63) is 28.2 Å². The largest absolute Gasteiger partial charge is 0.254 e. The molecule has 1 heterocycles. The molecule has 1 aromatic carbocycles. The van der Waals surface area contributed by atoms with Crippen LogP contribution in [0.4, 0.5) is 0 Å². The third-order valence-corrected chi connectivity index (χ3v) is 3.78. The SMILES string of the molecule is O=S1CCc2cc(Br)ccc21. The summed E-state index contributed by atoms with van der Waals surface area (Å²) < 4.78 is 12.4. The van der Waals surface area contributed by atoms with E-state index in [4.69, 9.17) is 0 Å². The van der Waals surface area contributed by atoms with Gasteiger partial charge in [-0.2, -0.15) is 0 Å². The molecule has 0 amide bonds. The van der Waals surface area contributed by atoms with Crippen molar-refractivity contribution in [1.82, 2.24) is 0 Å². The highest BCUT2D eigenvalue weighted by atomic mass is 79.9. The van der Waals surface area contributed by atoms with Gasteiger partial charge in [0.1, 0.15) is 0 Å². The maximum absolute atomic E-state index is 11.3. The normalized spacial score (nSPS) is 21.7. The zero-order valence-corrected chi connectivity index (χ0v) is 8.24. The predicted octanol–water partition coefficient (Wildman–Crippen LogP) is 2.11. The van der Waals surface area contributed by atoms with Gasteiger partial charge in [-0.05, 0) is 30.2 Å². The van der Waals surface area contributed by atoms with Gasteiger partial charge in [-0.1, -0.05) is 15.9 Å². The van der Waals surface area contributed by atoms with Crippen molar-refractivity contribution >= 4 is 26.7 Å². The third-order valence-electron chi connectivity index (χ3n) is 1.82. The van der Waals surface area contributed by atoms with E-state index < -0.39 is 10.8 Å². The first kappa shape index (κ1) is 7.50. The quantitative estimate of drug-likeness (QED) is 0.668. The number of hydrogen-bond donors (Lipinski definition) is 0. The second-order valence-electron chi connectivity index (χ2n) is 2.55. The van der Waals surface area contributed by atoms with Crippen molar-refractivity contribution in [2.24, 2.45) is 0 Å². The van der Waals surface area contributed by atoms with Crippen LogP contribution >= 0.6 is 15.9 Å². The lowest BCUT2D eigenvalue weighted by Gasteiger charge is -1.96. The summed E-state index contributed by atoms with van der Waals surface area (Å²) in [7, 11) is -0.727. The molecule has 0 saturated heterocycles. The van der Waals surface area contributed by atoms with Crippen LogP contribution in [0.15, 0.2) is 27.6 Å². The molecule has 0 N–H and O–H groups in total. The van der Waals surface area contributed by atoms with E-state index in [9.17, 15) is 4.21 Å². The van der Waals surface area contributed by atoms with Crippen LogP contribution in [-0.4, -0.2) is 9.96 Å². The van der Waals surface area contributed by atoms with Crippen molar-refractivity contribution in [1.29, 1.82) is 0 Å². The molecule has 3 heteroatoms. The predicted molar refractivity (Wildman–Crippen MR) is 49.1 cm³/mol. The summed E-state index contributed by atoms with van der Waals surface area (Å²) in [4.78, 5) is 1.02. The number of aryl methyl sites for hydroxylation is 1. The van der Waals surface area contributed by atoms with Crippen molar-refractivity contribution in [2.75, 3.05) is 5.75 Å². The molecule has 0 bridgehead atoms. The van der Waals surface area contributed by atoms with Gasteiger partial charge in [-0.3, -0.25) is 4.21 Å². The average Bonchev–Trinajstić information content (AvgIpc) is 2.32. The lowest BCUT2D eigenvalue weighted by atomic mass is 10.2. The highest BCUT2D eigenvalue weighted by Crippen LogP contribution is 2.25. The molecule has 1 unspecified atom stereocenters. The molecule has 0 aliphatic carbocycles. The van der Waals surface area contributed by atoms with E-state index in [1.165, 1.54) is 5.56 Å². The maximum Gasteiger partial charge on any atom is 0.0535 e. The molecule has 0 saturated carbocycles. The van der Waals surface area contributed by atoms with E-state index in [0.29, 0.717) is 0 Å². The molecule has 0 radical (unpaired) electrons. The number of benzene rings is 1. The molecule has 11 heavy (non-hydrogen) atoms. The van der Waals surface area contributed by atoms with Crippen LogP contribution in [0, 0.1) is 0 Å². The van der Waals surface area contributed by atoms with Crippen LogP contribution in [0.2, 0.25) is 0 Å². The lowest BCUT2D eigenvalue weighted by Crippen LogP contribution is -1.86. The first-order chi connectivity index (χ1) is 5.27. The maximum atomic E-state index is 11.3. The van der Waals surface area contributed by atoms with Gasteiger partial charge in [0.15, 0.2) is 0 Å². The van der Waals surface area contributed by atoms with Gasteiger partial charge in [0.05, 0.1) is 10.8 Å². The van der Waals surface area contributed by atoms with Crippen LogP contribution in [0.1, 0.15) is 5.56 Å². The summed E-state index contributed by atoms with van der Waals surface area (Å²) >= 11 is 3.39. The summed E-state index contributed by atoms with van der Waals surface area (Å²) in [5, 5.41) is 0. The van der Waals surface area contributed by atoms with E-state index in [-0.39, 0.29) is 0 Å². The molecule has 1 aliphatic heterocycles. The minimum Gasteiger partial charge on any atom is -0.254 e. The van der Waals surface area contributed by atoms with E-state index in [0.717, 1.165) is 21.5 Å². The Morgan fingerprint density at radius 2 is 2.27 bits per heavy atom. The van der Waals surface area contributed by atoms with Gasteiger partial charge in [0.2, 0.25) is 0 Å². The van der Waals surface area contributed by atoms with Crippen molar-refractivity contribution in [3.63, 3.8) is 0 Å². The Labute approximate surface area is 76.4 Å². The second-order valence-corrected chi connectivity index (χ2v) is 5.01. The van der Waals surface area contributed by atoms with Crippen LogP contribution < -0.4 is 0 Å². The Morgan fingerprint density at radius 1 is 1.45 bits per heavy atom. The molecule has 1 aromatic rings. The Kier molecular flexibility index (Phi) is 1.85. The molecular formula is C8H7BrOS. The van der Waals surface area contributed by atoms with Crippen LogP contribution in [0.25, 0.3) is 0 Å². The standard InChI is InChI=1S/C8H7BrOS/c9-7-1-2-8-6(5-7)3-4-11(8)10/h1-2,5H,3-4H2. The molecule has 1 atom stereocenters. The monoisotopic (exact) mass is 230 g/mol. The highest BCUT2D eigenvalue weighted by Gasteiger charge is 2.17. The first-order valence-corrected chi connectivity index (χ1v) is 5.55. The topological polar surface area (TPSA) is 17.1 Å². The second kappa shape index (κ2) is 2.72. The molecule has 0 spiro atoms. The fraction of sp³-hybridized carbons (Fsp3) is 0.250. The summed E-state index contributed by atoms with van der Waals surface area (Å²) in [5.41, 5.74) is 1.23. The van der Waals surface area contributed by atoms with E-state index >= 15 is 0 Å². The van der Waals surface area contributed by atoms with E-state index in [2.05, 4.69) is 22.0 Å². The van der Waals surface area contributed by atoms with Gasteiger partial charge in [0, 0.05) is 15.1 Å². The van der Waals surface area contributed by atoms with E-state index in [1.54, 1.807) is 0 Å². The highest BCUT2D eigenvalue weighted by molar-refractivity contribution is 9.10. The number of hydrogen-bond acceptors (Lipinski definition) is 1. The Hall–Kier alpha value is -0.150. The first-order valence-electron chi connectivity index (χ1n) is 3.44. The summed E-state index contributed by atoms with van der Waals surface area (Å²) in [6.45, 7) is 0. The molecule has 0 aromatic heterocycles. The van der Waals surface area contributed by atoms with Crippen molar-refractivity contribution in [3.8, 4) is 0 Å². The Morgan fingerprint density at radius 3 is 3.09 bits per heavy atom. The van der Waals surface area contributed by atoms with Gasteiger partial charge < -0.3 is 0 Å². The average molecular weight is 231 g/mol. The molecule has 1 nitrogen and oxygen atoms in total. The molecule has 58 valence electrons. The molecule has 0 fully saturated rings. The minimum atomic E-state index is -0.727. The summed E-state index contributed by atoms with van der Waals surface area (Å²) in [5.74, 6) is 0.797. The van der Waals surface area contributed by atoms with E-state index in [1.807, 2.05) is 12.1 Å². The lowest BCUT2D eigenvalue weighted by molar-refractivity contribution is 0.685. The minimum absolute atomic E-state index is 0.727. The third kappa shape index (κ3) is 1.27. The summed E-state index contributed by atoms with van der Waals surface area (Å²) in [6.07, 6.45) is 0.960. The molecule has 2 rings (SSSR count). The van der Waals surface area contributed by atoms with Gasteiger partial charge in [-0.25, -0.2) is 0 Å².